The van der Waals surface area contributed by atoms with Crippen LogP contribution < -0.4 is 9.80 Å². The van der Waals surface area contributed by atoms with Gasteiger partial charge in [-0.1, -0.05) is 31.9 Å². The molecule has 0 spiro atoms. The van der Waals surface area contributed by atoms with Crippen LogP contribution in [-0.4, -0.2) is 68.9 Å². The zero-order chi connectivity index (χ0) is 41.6. The number of fused-ring (bicyclic) bond motifs is 2. The van der Waals surface area contributed by atoms with Crippen molar-refractivity contribution in [1.82, 2.24) is 19.9 Å². The van der Waals surface area contributed by atoms with E-state index in [1.54, 1.807) is 22.7 Å². The van der Waals surface area contributed by atoms with Crippen molar-refractivity contribution in [3.8, 4) is 22.3 Å². The molecular formula is C45H52Br2N6O3S2. The number of aliphatic carboxylic acids is 1. The average molecular weight is 949 g/mol. The number of carbonyl (C=O) groups is 1. The number of aromatic nitrogens is 4. The minimum atomic E-state index is -0.701. The summed E-state index contributed by atoms with van der Waals surface area (Å²) in [7, 11) is 0. The molecule has 2 aliphatic rings. The Balaban J connectivity index is 0.000000177. The normalized spacial score (nSPS) is 15.4. The molecule has 6 heterocycles. The Morgan fingerprint density at radius 1 is 0.621 bits per heavy atom. The van der Waals surface area contributed by atoms with Gasteiger partial charge in [0.25, 0.3) is 0 Å². The lowest BCUT2D eigenvalue weighted by molar-refractivity contribution is -0.138. The van der Waals surface area contributed by atoms with Crippen LogP contribution in [0.4, 0.5) is 11.6 Å². The summed E-state index contributed by atoms with van der Waals surface area (Å²) in [6, 6.07) is 8.68. The fraction of sp³-hybridized carbons (Fsp3) is 0.444. The Labute approximate surface area is 366 Å². The van der Waals surface area contributed by atoms with E-state index in [0.717, 1.165) is 99.8 Å². The highest BCUT2D eigenvalue weighted by molar-refractivity contribution is 9.10. The minimum Gasteiger partial charge on any atom is -0.481 e. The summed E-state index contributed by atoms with van der Waals surface area (Å²) in [5.41, 5.74) is 12.1. The average Bonchev–Trinajstić information content (AvgIpc) is 3.65. The van der Waals surface area contributed by atoms with Gasteiger partial charge in [-0.05, 0) is 151 Å². The third-order valence-corrected chi connectivity index (χ3v) is 14.7. The van der Waals surface area contributed by atoms with Crippen molar-refractivity contribution in [3.63, 3.8) is 0 Å². The van der Waals surface area contributed by atoms with Gasteiger partial charge in [0.2, 0.25) is 0 Å². The van der Waals surface area contributed by atoms with Crippen LogP contribution in [0.2, 0.25) is 0 Å². The van der Waals surface area contributed by atoms with Crippen molar-refractivity contribution in [3.05, 3.63) is 76.9 Å². The summed E-state index contributed by atoms with van der Waals surface area (Å²) in [4.78, 5) is 37.7. The van der Waals surface area contributed by atoms with Crippen molar-refractivity contribution in [1.29, 1.82) is 0 Å². The smallest absolute Gasteiger partial charge is 0.303 e. The molecule has 4 aromatic heterocycles. The number of piperidine rings is 2. The lowest BCUT2D eigenvalue weighted by atomic mass is 9.93. The van der Waals surface area contributed by atoms with E-state index in [9.17, 15) is 9.90 Å². The van der Waals surface area contributed by atoms with E-state index in [1.165, 1.54) is 59.0 Å². The number of aryl methyl sites for hydroxylation is 8. The van der Waals surface area contributed by atoms with Crippen LogP contribution in [0.1, 0.15) is 75.8 Å². The third kappa shape index (κ3) is 8.71. The second-order valence-electron chi connectivity index (χ2n) is 16.1. The Morgan fingerprint density at radius 2 is 0.983 bits per heavy atom. The van der Waals surface area contributed by atoms with Crippen LogP contribution >= 0.6 is 54.5 Å². The number of hydrogen-bond acceptors (Lipinski definition) is 10. The molecule has 2 aliphatic heterocycles. The third-order valence-electron chi connectivity index (χ3n) is 11.7. The number of rotatable bonds is 7. The molecule has 2 fully saturated rings. The van der Waals surface area contributed by atoms with Crippen LogP contribution in [0.3, 0.4) is 0 Å². The molecule has 9 nitrogen and oxygen atoms in total. The monoisotopic (exact) mass is 946 g/mol. The van der Waals surface area contributed by atoms with Gasteiger partial charge < -0.3 is 20.0 Å². The number of anilines is 2. The van der Waals surface area contributed by atoms with Gasteiger partial charge in [0.1, 0.15) is 23.3 Å². The highest BCUT2D eigenvalue weighted by atomic mass is 79.9. The predicted molar refractivity (Wildman–Crippen MR) is 248 cm³/mol. The van der Waals surface area contributed by atoms with Gasteiger partial charge in [-0.2, -0.15) is 0 Å². The molecule has 0 radical (unpaired) electrons. The molecule has 0 atom stereocenters. The van der Waals surface area contributed by atoms with Gasteiger partial charge in [-0.3, -0.25) is 4.79 Å². The van der Waals surface area contributed by atoms with Crippen molar-refractivity contribution >= 4 is 92.6 Å². The highest BCUT2D eigenvalue weighted by Crippen LogP contribution is 2.46. The van der Waals surface area contributed by atoms with E-state index in [4.69, 9.17) is 25.0 Å². The molecule has 0 bridgehead atoms. The summed E-state index contributed by atoms with van der Waals surface area (Å²) in [5, 5.41) is 18.5. The number of hydrogen-bond donors (Lipinski definition) is 2. The maximum atomic E-state index is 11.1. The molecule has 0 saturated carbocycles. The van der Waals surface area contributed by atoms with Gasteiger partial charge >= 0.3 is 5.97 Å². The van der Waals surface area contributed by atoms with E-state index >= 15 is 0 Å². The zero-order valence-electron chi connectivity index (χ0n) is 34.6. The molecule has 2 aromatic carbocycles. The van der Waals surface area contributed by atoms with Crippen LogP contribution in [0.25, 0.3) is 42.7 Å². The van der Waals surface area contributed by atoms with E-state index in [2.05, 4.69) is 107 Å². The van der Waals surface area contributed by atoms with Gasteiger partial charge in [0.15, 0.2) is 0 Å². The first-order valence-electron chi connectivity index (χ1n) is 20.1. The first-order valence-corrected chi connectivity index (χ1v) is 23.3. The van der Waals surface area contributed by atoms with Crippen molar-refractivity contribution < 1.29 is 15.0 Å². The molecule has 8 rings (SSSR count). The summed E-state index contributed by atoms with van der Waals surface area (Å²) in [5.74, 6) is 3.63. The largest absolute Gasteiger partial charge is 0.481 e. The van der Waals surface area contributed by atoms with Crippen LogP contribution in [0.15, 0.2) is 33.2 Å². The van der Waals surface area contributed by atoms with Crippen LogP contribution in [0, 0.1) is 67.2 Å². The standard InChI is InChI=1S/C23H26BrN3O2S.C22H26BrN3OS/c1-12-9-17(24)10-13(2)19(12)20-14(3)30-22-21(20)25-15(4)26-23(22)27-7-5-16(6-8-27)11-18(28)29;1-12-9-17(23)10-13(2)18(12)19-14(3)28-21-20(19)24-15(4)25-22(21)26-7-5-16(11-27)6-8-26/h9-10,16H,5-8,11H2,1-4H3,(H,28,29);9-10,16,27H,5-8,11H2,1-4H3. The topological polar surface area (TPSA) is 116 Å². The van der Waals surface area contributed by atoms with Crippen molar-refractivity contribution in [2.75, 3.05) is 42.6 Å². The van der Waals surface area contributed by atoms with E-state index in [1.807, 2.05) is 13.8 Å². The molecular weight excluding hydrogens is 896 g/mol. The first kappa shape index (κ1) is 42.6. The molecule has 306 valence electrons. The number of halogens is 2. The van der Waals surface area contributed by atoms with Gasteiger partial charge in [-0.25, -0.2) is 19.9 Å². The zero-order valence-corrected chi connectivity index (χ0v) is 39.4. The highest BCUT2D eigenvalue weighted by Gasteiger charge is 2.28. The number of aliphatic hydroxyl groups excluding tert-OH is 1. The van der Waals surface area contributed by atoms with Crippen LogP contribution in [0.5, 0.6) is 0 Å². The Kier molecular flexibility index (Phi) is 12.9. The van der Waals surface area contributed by atoms with E-state index in [-0.39, 0.29) is 18.9 Å². The first-order chi connectivity index (χ1) is 27.6. The Morgan fingerprint density at radius 3 is 1.33 bits per heavy atom. The number of benzene rings is 2. The molecule has 2 saturated heterocycles. The molecule has 6 aromatic rings. The molecule has 13 heteroatoms. The molecule has 2 N–H and O–H groups in total. The summed E-state index contributed by atoms with van der Waals surface area (Å²) in [6.07, 6.45) is 4.07. The second kappa shape index (κ2) is 17.6. The van der Waals surface area contributed by atoms with Crippen LogP contribution in [-0.2, 0) is 4.79 Å². The number of thiophene rings is 2. The fourth-order valence-corrected chi connectivity index (χ4v) is 12.5. The van der Waals surface area contributed by atoms with Gasteiger partial charge in [-0.15, -0.1) is 22.7 Å². The number of nitrogens with zero attached hydrogens (tertiary/aromatic N) is 6. The summed E-state index contributed by atoms with van der Waals surface area (Å²) >= 11 is 10.8. The maximum absolute atomic E-state index is 11.1. The molecule has 58 heavy (non-hydrogen) atoms. The van der Waals surface area contributed by atoms with Crippen molar-refractivity contribution in [2.45, 2.75) is 87.5 Å². The molecule has 0 unspecified atom stereocenters. The number of carboxylic acid groups (broad SMARTS) is 1. The quantitative estimate of drug-likeness (QED) is 0.161. The lowest BCUT2D eigenvalue weighted by Crippen LogP contribution is -2.35. The van der Waals surface area contributed by atoms with Gasteiger partial charge in [0, 0.05) is 69.0 Å². The van der Waals surface area contributed by atoms with E-state index < -0.39 is 5.97 Å². The minimum absolute atomic E-state index is 0.255. The Hall–Kier alpha value is -3.49. The SMILES string of the molecule is Cc1nc(N2CCC(CC(=O)O)CC2)c2sc(C)c(-c3c(C)cc(Br)cc3C)c2n1.Cc1nc(N2CCC(CO)CC2)c2sc(C)c(-c3c(C)cc(Br)cc3C)c2n1. The van der Waals surface area contributed by atoms with Crippen molar-refractivity contribution in [2.24, 2.45) is 11.8 Å². The van der Waals surface area contributed by atoms with Gasteiger partial charge in [0.05, 0.1) is 20.4 Å². The number of aliphatic hydroxyl groups is 1. The lowest BCUT2D eigenvalue weighted by Gasteiger charge is -2.32. The maximum Gasteiger partial charge on any atom is 0.303 e. The fourth-order valence-electron chi connectivity index (χ4n) is 8.91. The predicted octanol–water partition coefficient (Wildman–Crippen LogP) is 11.6. The van der Waals surface area contributed by atoms with E-state index in [0.29, 0.717) is 5.92 Å². The molecule has 0 amide bonds. The summed E-state index contributed by atoms with van der Waals surface area (Å²) in [6.45, 7) is 20.8. The summed E-state index contributed by atoms with van der Waals surface area (Å²) < 4.78 is 4.52. The number of carboxylic acids is 1. The second-order valence-corrected chi connectivity index (χ2v) is 20.4. The molecule has 0 aliphatic carbocycles. The Bertz CT molecular complexity index is 2470.